The summed E-state index contributed by atoms with van der Waals surface area (Å²) in [6, 6.07) is 1.45. The lowest BCUT2D eigenvalue weighted by Gasteiger charge is -2.42. The number of nitrogens with zero attached hydrogens (tertiary/aromatic N) is 1. The molecule has 1 fully saturated rings. The van der Waals surface area contributed by atoms with Crippen LogP contribution in [-0.2, 0) is 0 Å². The van der Waals surface area contributed by atoms with Crippen molar-refractivity contribution in [3.8, 4) is 6.07 Å². The van der Waals surface area contributed by atoms with E-state index in [1.54, 1.807) is 0 Å². The first-order valence-electron chi connectivity index (χ1n) is 3.04. The van der Waals surface area contributed by atoms with Crippen LogP contribution in [0.25, 0.3) is 0 Å². The van der Waals surface area contributed by atoms with Crippen molar-refractivity contribution < 1.29 is 17.6 Å². The van der Waals surface area contributed by atoms with Gasteiger partial charge >= 0.3 is 11.8 Å². The number of halogens is 4. The molecule has 0 aliphatic heterocycles. The highest BCUT2D eigenvalue weighted by atomic mass is 19.3. The van der Waals surface area contributed by atoms with Crippen LogP contribution in [-0.4, -0.2) is 11.8 Å². The fourth-order valence-corrected chi connectivity index (χ4v) is 1.05. The summed E-state index contributed by atoms with van der Waals surface area (Å²) in [5.74, 6) is -9.32. The second kappa shape index (κ2) is 2.10. The van der Waals surface area contributed by atoms with Gasteiger partial charge in [0.2, 0.25) is 0 Å². The van der Waals surface area contributed by atoms with Gasteiger partial charge in [-0.05, 0) is 0 Å². The van der Waals surface area contributed by atoms with Crippen molar-refractivity contribution in [3.63, 3.8) is 0 Å². The third-order valence-corrected chi connectivity index (χ3v) is 1.84. The molecule has 62 valence electrons. The van der Waals surface area contributed by atoms with E-state index in [2.05, 4.69) is 0 Å². The largest absolute Gasteiger partial charge is 0.314 e. The molecule has 0 aromatic heterocycles. The Morgan fingerprint density at radius 3 is 2.18 bits per heavy atom. The lowest BCUT2D eigenvalue weighted by molar-refractivity contribution is -0.312. The third-order valence-electron chi connectivity index (χ3n) is 1.84. The van der Waals surface area contributed by atoms with E-state index in [9.17, 15) is 17.6 Å². The van der Waals surface area contributed by atoms with Gasteiger partial charge in [-0.3, -0.25) is 0 Å². The summed E-state index contributed by atoms with van der Waals surface area (Å²) in [6.07, 6.45) is -1.36. The van der Waals surface area contributed by atoms with E-state index in [0.29, 0.717) is 0 Å². The molecule has 1 atom stereocenters. The maximum atomic E-state index is 12.3. The minimum absolute atomic E-state index is 0.497. The average molecular weight is 167 g/mol. The first-order valence-corrected chi connectivity index (χ1v) is 3.04. The van der Waals surface area contributed by atoms with Crippen LogP contribution < -0.4 is 0 Å². The smallest absolute Gasteiger partial charge is 0.200 e. The van der Waals surface area contributed by atoms with E-state index in [4.69, 9.17) is 5.26 Å². The van der Waals surface area contributed by atoms with Gasteiger partial charge in [0.15, 0.2) is 0 Å². The van der Waals surface area contributed by atoms with Crippen LogP contribution in [0.2, 0.25) is 0 Å². The van der Waals surface area contributed by atoms with Gasteiger partial charge in [0.1, 0.15) is 0 Å². The standard InChI is InChI=1S/C6H5F4N/c7-5(8)3-4(1-2-11)6(5,9)10/h4H,1,3H2/t4-/m0/s1. The molecule has 0 bridgehead atoms. The van der Waals surface area contributed by atoms with Crippen molar-refractivity contribution in [3.05, 3.63) is 0 Å². The summed E-state index contributed by atoms with van der Waals surface area (Å²) in [6.45, 7) is 0. The van der Waals surface area contributed by atoms with Crippen molar-refractivity contribution in [2.24, 2.45) is 5.92 Å². The van der Waals surface area contributed by atoms with Crippen molar-refractivity contribution in [2.45, 2.75) is 24.7 Å². The fraction of sp³-hybridized carbons (Fsp3) is 0.833. The Bertz CT molecular complexity index is 205. The molecule has 0 N–H and O–H groups in total. The number of nitriles is 1. The zero-order valence-electron chi connectivity index (χ0n) is 5.45. The first-order chi connectivity index (χ1) is 4.92. The predicted molar refractivity (Wildman–Crippen MR) is 28.2 cm³/mol. The lowest BCUT2D eigenvalue weighted by Crippen LogP contribution is -2.58. The summed E-state index contributed by atoms with van der Waals surface area (Å²) < 4.78 is 48.6. The van der Waals surface area contributed by atoms with Gasteiger partial charge < -0.3 is 0 Å². The highest BCUT2D eigenvalue weighted by molar-refractivity contribution is 5.05. The van der Waals surface area contributed by atoms with E-state index in [1.165, 1.54) is 6.07 Å². The fourth-order valence-electron chi connectivity index (χ4n) is 1.05. The molecule has 5 heteroatoms. The molecule has 11 heavy (non-hydrogen) atoms. The Morgan fingerprint density at radius 1 is 1.36 bits per heavy atom. The second-order valence-electron chi connectivity index (χ2n) is 2.59. The van der Waals surface area contributed by atoms with Gasteiger partial charge in [0.05, 0.1) is 6.07 Å². The third kappa shape index (κ3) is 0.971. The molecule has 0 radical (unpaired) electrons. The molecule has 0 heterocycles. The molecule has 0 aromatic carbocycles. The molecular formula is C6H5F4N. The van der Waals surface area contributed by atoms with Crippen LogP contribution in [0.1, 0.15) is 12.8 Å². The molecular weight excluding hydrogens is 162 g/mol. The predicted octanol–water partition coefficient (Wildman–Crippen LogP) is 2.19. The Balaban J connectivity index is 2.63. The van der Waals surface area contributed by atoms with Gasteiger partial charge in [0.25, 0.3) is 0 Å². The Labute approximate surface area is 60.6 Å². The summed E-state index contributed by atoms with van der Waals surface area (Å²) >= 11 is 0. The molecule has 1 nitrogen and oxygen atoms in total. The van der Waals surface area contributed by atoms with Gasteiger partial charge in [-0.1, -0.05) is 0 Å². The van der Waals surface area contributed by atoms with Crippen LogP contribution in [0.15, 0.2) is 0 Å². The van der Waals surface area contributed by atoms with Crippen LogP contribution in [0, 0.1) is 17.2 Å². The zero-order chi connectivity index (χ0) is 8.70. The van der Waals surface area contributed by atoms with Crippen molar-refractivity contribution in [1.82, 2.24) is 0 Å². The summed E-state index contributed by atoms with van der Waals surface area (Å²) in [5.41, 5.74) is 0. The molecule has 0 unspecified atom stereocenters. The zero-order valence-corrected chi connectivity index (χ0v) is 5.45. The molecule has 1 aliphatic carbocycles. The van der Waals surface area contributed by atoms with E-state index in [0.717, 1.165) is 0 Å². The molecule has 0 aromatic rings. The maximum absolute atomic E-state index is 12.3. The first kappa shape index (κ1) is 8.31. The van der Waals surface area contributed by atoms with Gasteiger partial charge in [0, 0.05) is 18.8 Å². The molecule has 1 aliphatic rings. The minimum atomic E-state index is -3.97. The average Bonchev–Trinajstić information content (AvgIpc) is 1.87. The lowest BCUT2D eigenvalue weighted by atomic mass is 9.75. The van der Waals surface area contributed by atoms with Crippen molar-refractivity contribution >= 4 is 0 Å². The van der Waals surface area contributed by atoms with E-state index in [1.807, 2.05) is 0 Å². The SMILES string of the molecule is N#CC[C@H]1CC(F)(F)C1(F)F. The summed E-state index contributed by atoms with van der Waals surface area (Å²) in [5, 5.41) is 7.98. The number of hydrogen-bond donors (Lipinski definition) is 0. The van der Waals surface area contributed by atoms with Crippen LogP contribution in [0.5, 0.6) is 0 Å². The van der Waals surface area contributed by atoms with Crippen LogP contribution in [0.3, 0.4) is 0 Å². The number of hydrogen-bond acceptors (Lipinski definition) is 1. The Morgan fingerprint density at radius 2 is 1.91 bits per heavy atom. The maximum Gasteiger partial charge on any atom is 0.314 e. The van der Waals surface area contributed by atoms with E-state index in [-0.39, 0.29) is 0 Å². The number of alkyl halides is 4. The molecule has 0 saturated heterocycles. The molecule has 0 amide bonds. The minimum Gasteiger partial charge on any atom is -0.200 e. The van der Waals surface area contributed by atoms with Crippen molar-refractivity contribution in [2.75, 3.05) is 0 Å². The molecule has 0 spiro atoms. The monoisotopic (exact) mass is 167 g/mol. The van der Waals surface area contributed by atoms with Crippen molar-refractivity contribution in [1.29, 1.82) is 5.26 Å². The highest BCUT2D eigenvalue weighted by Crippen LogP contribution is 2.56. The Hall–Kier alpha value is -0.790. The van der Waals surface area contributed by atoms with E-state index >= 15 is 0 Å². The second-order valence-corrected chi connectivity index (χ2v) is 2.59. The molecule has 1 saturated carbocycles. The molecule has 1 rings (SSSR count). The van der Waals surface area contributed by atoms with Gasteiger partial charge in [-0.25, -0.2) is 0 Å². The normalized spacial score (nSPS) is 32.1. The summed E-state index contributed by atoms with van der Waals surface area (Å²) in [7, 11) is 0. The van der Waals surface area contributed by atoms with Crippen LogP contribution >= 0.6 is 0 Å². The van der Waals surface area contributed by atoms with Gasteiger partial charge in [-0.2, -0.15) is 22.8 Å². The van der Waals surface area contributed by atoms with Gasteiger partial charge in [-0.15, -0.1) is 0 Å². The Kier molecular flexibility index (Phi) is 1.58. The van der Waals surface area contributed by atoms with E-state index < -0.39 is 30.6 Å². The highest BCUT2D eigenvalue weighted by Gasteiger charge is 2.71. The quantitative estimate of drug-likeness (QED) is 0.549. The summed E-state index contributed by atoms with van der Waals surface area (Å²) in [4.78, 5) is 0. The number of rotatable bonds is 1. The topological polar surface area (TPSA) is 23.8 Å². The van der Waals surface area contributed by atoms with Crippen LogP contribution in [0.4, 0.5) is 17.6 Å².